The van der Waals surface area contributed by atoms with Crippen molar-refractivity contribution in [1.82, 2.24) is 14.9 Å². The third-order valence-corrected chi connectivity index (χ3v) is 4.60. The standard InChI is InChI=1S/C21H21F3N4O2/c1-3-9-25-21(30)15-12-28(17-6-4-13(23)11-16(17)24)20-14(19(15)29)5-7-18(26-20)27(2)10-8-22/h4-7,11-12H,3,8-10H2,1-2H3,(H,25,30). The number of rotatable bonds is 7. The van der Waals surface area contributed by atoms with Gasteiger partial charge in [0, 0.05) is 32.4 Å². The topological polar surface area (TPSA) is 67.2 Å². The number of anilines is 1. The lowest BCUT2D eigenvalue weighted by Gasteiger charge is -2.19. The predicted molar refractivity (Wildman–Crippen MR) is 109 cm³/mol. The van der Waals surface area contributed by atoms with Gasteiger partial charge in [0.1, 0.15) is 29.7 Å². The van der Waals surface area contributed by atoms with Gasteiger partial charge in [-0.1, -0.05) is 6.92 Å². The van der Waals surface area contributed by atoms with E-state index in [0.29, 0.717) is 24.8 Å². The average molecular weight is 418 g/mol. The van der Waals surface area contributed by atoms with E-state index in [1.54, 1.807) is 7.05 Å². The zero-order valence-electron chi connectivity index (χ0n) is 16.6. The number of fused-ring (bicyclic) bond motifs is 1. The molecular formula is C21H21F3N4O2. The summed E-state index contributed by atoms with van der Waals surface area (Å²) >= 11 is 0. The van der Waals surface area contributed by atoms with Crippen molar-refractivity contribution in [3.05, 3.63) is 63.9 Å². The third kappa shape index (κ3) is 4.14. The minimum atomic E-state index is -0.885. The lowest BCUT2D eigenvalue weighted by atomic mass is 10.1. The van der Waals surface area contributed by atoms with Crippen LogP contribution in [0.25, 0.3) is 16.7 Å². The van der Waals surface area contributed by atoms with Crippen molar-refractivity contribution in [3.8, 4) is 5.69 Å². The van der Waals surface area contributed by atoms with Crippen LogP contribution in [0.2, 0.25) is 0 Å². The Morgan fingerprint density at radius 3 is 2.67 bits per heavy atom. The molecule has 6 nitrogen and oxygen atoms in total. The van der Waals surface area contributed by atoms with Gasteiger partial charge in [-0.25, -0.2) is 18.2 Å². The second kappa shape index (κ2) is 8.98. The molecule has 0 atom stereocenters. The largest absolute Gasteiger partial charge is 0.357 e. The summed E-state index contributed by atoms with van der Waals surface area (Å²) in [6.07, 6.45) is 1.86. The van der Waals surface area contributed by atoms with Crippen LogP contribution in [0.5, 0.6) is 0 Å². The van der Waals surface area contributed by atoms with E-state index >= 15 is 0 Å². The molecule has 30 heavy (non-hydrogen) atoms. The van der Waals surface area contributed by atoms with E-state index < -0.39 is 29.6 Å². The van der Waals surface area contributed by atoms with Crippen molar-refractivity contribution in [2.75, 3.05) is 31.7 Å². The number of hydrogen-bond acceptors (Lipinski definition) is 4. The fraction of sp³-hybridized carbons (Fsp3) is 0.286. The van der Waals surface area contributed by atoms with E-state index in [0.717, 1.165) is 6.07 Å². The molecule has 0 fully saturated rings. The maximum absolute atomic E-state index is 14.6. The van der Waals surface area contributed by atoms with Gasteiger partial charge < -0.3 is 10.2 Å². The van der Waals surface area contributed by atoms with E-state index in [9.17, 15) is 22.8 Å². The van der Waals surface area contributed by atoms with Crippen LogP contribution in [0.3, 0.4) is 0 Å². The molecule has 0 saturated heterocycles. The summed E-state index contributed by atoms with van der Waals surface area (Å²) in [7, 11) is 1.63. The van der Waals surface area contributed by atoms with Gasteiger partial charge in [-0.3, -0.25) is 14.2 Å². The zero-order valence-corrected chi connectivity index (χ0v) is 16.6. The van der Waals surface area contributed by atoms with Gasteiger partial charge in [0.2, 0.25) is 5.43 Å². The summed E-state index contributed by atoms with van der Waals surface area (Å²) in [5, 5.41) is 2.71. The third-order valence-electron chi connectivity index (χ3n) is 4.60. The molecule has 0 bridgehead atoms. The number of hydrogen-bond donors (Lipinski definition) is 1. The lowest BCUT2D eigenvalue weighted by molar-refractivity contribution is 0.0952. The van der Waals surface area contributed by atoms with Gasteiger partial charge in [-0.05, 0) is 30.7 Å². The Kier molecular flexibility index (Phi) is 6.39. The Bertz CT molecular complexity index is 1150. The molecule has 3 rings (SSSR count). The molecule has 0 radical (unpaired) electrons. The number of benzene rings is 1. The minimum absolute atomic E-state index is 0.0701. The number of nitrogens with one attached hydrogen (secondary N) is 1. The molecule has 0 aliphatic heterocycles. The van der Waals surface area contributed by atoms with Gasteiger partial charge in [0.25, 0.3) is 5.91 Å². The van der Waals surface area contributed by atoms with Crippen molar-refractivity contribution < 1.29 is 18.0 Å². The van der Waals surface area contributed by atoms with Crippen LogP contribution in [-0.2, 0) is 0 Å². The van der Waals surface area contributed by atoms with E-state index in [2.05, 4.69) is 10.3 Å². The normalized spacial score (nSPS) is 11.0. The Labute approximate surface area is 171 Å². The Balaban J connectivity index is 2.30. The Morgan fingerprint density at radius 1 is 1.23 bits per heavy atom. The molecule has 158 valence electrons. The fourth-order valence-corrected chi connectivity index (χ4v) is 3.00. The number of pyridine rings is 2. The second-order valence-corrected chi connectivity index (χ2v) is 6.74. The molecule has 9 heteroatoms. The molecule has 2 heterocycles. The first kappa shape index (κ1) is 21.4. The number of carbonyl (C=O) groups excluding carboxylic acids is 1. The van der Waals surface area contributed by atoms with Gasteiger partial charge in [0.05, 0.1) is 11.1 Å². The summed E-state index contributed by atoms with van der Waals surface area (Å²) in [6.45, 7) is 1.70. The maximum atomic E-state index is 14.6. The number of amides is 1. The minimum Gasteiger partial charge on any atom is -0.357 e. The zero-order chi connectivity index (χ0) is 21.8. The molecule has 2 aromatic heterocycles. The molecule has 1 aromatic carbocycles. The summed E-state index contributed by atoms with van der Waals surface area (Å²) in [4.78, 5) is 31.3. The highest BCUT2D eigenvalue weighted by atomic mass is 19.1. The summed E-state index contributed by atoms with van der Waals surface area (Å²) < 4.78 is 41.9. The van der Waals surface area contributed by atoms with E-state index in [1.807, 2.05) is 6.92 Å². The lowest BCUT2D eigenvalue weighted by Crippen LogP contribution is -2.30. The Hall–Kier alpha value is -3.36. The maximum Gasteiger partial charge on any atom is 0.256 e. The van der Waals surface area contributed by atoms with Crippen LogP contribution in [0.4, 0.5) is 19.0 Å². The van der Waals surface area contributed by atoms with Gasteiger partial charge >= 0.3 is 0 Å². The number of carbonyl (C=O) groups is 1. The molecule has 0 aliphatic carbocycles. The van der Waals surface area contributed by atoms with Gasteiger partial charge in [-0.2, -0.15) is 0 Å². The van der Waals surface area contributed by atoms with E-state index in [-0.39, 0.29) is 28.8 Å². The molecule has 0 saturated carbocycles. The van der Waals surface area contributed by atoms with Crippen molar-refractivity contribution >= 4 is 22.8 Å². The summed E-state index contributed by atoms with van der Waals surface area (Å²) in [5.41, 5.74) is -0.764. The SMILES string of the molecule is CCCNC(=O)c1cn(-c2ccc(F)cc2F)c2nc(N(C)CCF)ccc2c1=O. The summed E-state index contributed by atoms with van der Waals surface area (Å²) in [6, 6.07) is 5.96. The van der Waals surface area contributed by atoms with Crippen LogP contribution in [0, 0.1) is 11.6 Å². The number of alkyl halides is 1. The molecule has 3 aromatic rings. The molecule has 0 spiro atoms. The molecular weight excluding hydrogens is 397 g/mol. The van der Waals surface area contributed by atoms with Crippen molar-refractivity contribution in [1.29, 1.82) is 0 Å². The first-order valence-corrected chi connectivity index (χ1v) is 9.44. The van der Waals surface area contributed by atoms with Crippen LogP contribution in [-0.4, -0.2) is 42.3 Å². The molecule has 0 aliphatic rings. The summed E-state index contributed by atoms with van der Waals surface area (Å²) in [5.74, 6) is -1.89. The van der Waals surface area contributed by atoms with Crippen LogP contribution in [0.1, 0.15) is 23.7 Å². The van der Waals surface area contributed by atoms with Gasteiger partial charge in [-0.15, -0.1) is 0 Å². The number of aromatic nitrogens is 2. The molecule has 1 N–H and O–H groups in total. The number of nitrogens with zero attached hydrogens (tertiary/aromatic N) is 3. The monoisotopic (exact) mass is 418 g/mol. The highest BCUT2D eigenvalue weighted by Gasteiger charge is 2.19. The predicted octanol–water partition coefficient (Wildman–Crippen LogP) is 3.21. The van der Waals surface area contributed by atoms with Crippen molar-refractivity contribution in [3.63, 3.8) is 0 Å². The molecule has 1 amide bonds. The van der Waals surface area contributed by atoms with Crippen molar-refractivity contribution in [2.24, 2.45) is 0 Å². The van der Waals surface area contributed by atoms with Crippen LogP contribution >= 0.6 is 0 Å². The van der Waals surface area contributed by atoms with Crippen LogP contribution in [0.15, 0.2) is 41.3 Å². The first-order valence-electron chi connectivity index (χ1n) is 9.44. The van der Waals surface area contributed by atoms with Gasteiger partial charge in [0.15, 0.2) is 5.65 Å². The smallest absolute Gasteiger partial charge is 0.256 e. The second-order valence-electron chi connectivity index (χ2n) is 6.74. The van der Waals surface area contributed by atoms with E-state index in [1.165, 1.54) is 33.9 Å². The van der Waals surface area contributed by atoms with Crippen molar-refractivity contribution in [2.45, 2.75) is 13.3 Å². The highest BCUT2D eigenvalue weighted by Crippen LogP contribution is 2.22. The average Bonchev–Trinajstić information content (AvgIpc) is 2.72. The Morgan fingerprint density at radius 2 is 2.00 bits per heavy atom. The number of halogens is 3. The highest BCUT2D eigenvalue weighted by molar-refractivity contribution is 5.97. The molecule has 0 unspecified atom stereocenters. The first-order chi connectivity index (χ1) is 14.4. The van der Waals surface area contributed by atoms with E-state index in [4.69, 9.17) is 0 Å². The fourth-order valence-electron chi connectivity index (χ4n) is 3.00. The quantitative estimate of drug-likeness (QED) is 0.640. The van der Waals surface area contributed by atoms with Crippen LogP contribution < -0.4 is 15.6 Å².